The molecule has 2 aromatic carbocycles. The molecule has 1 amide bonds. The molecule has 3 rings (SSSR count). The highest BCUT2D eigenvalue weighted by molar-refractivity contribution is 7.91. The average Bonchev–Trinajstić information content (AvgIpc) is 3.12. The molecular formula is C18H13F3N2O3S2. The van der Waals surface area contributed by atoms with Crippen LogP contribution in [0.4, 0.5) is 18.9 Å². The Morgan fingerprint density at radius 2 is 1.71 bits per heavy atom. The number of anilines is 1. The van der Waals surface area contributed by atoms with E-state index in [-0.39, 0.29) is 21.0 Å². The molecule has 3 N–H and O–H groups in total. The van der Waals surface area contributed by atoms with E-state index in [1.165, 1.54) is 17.5 Å². The van der Waals surface area contributed by atoms with E-state index in [2.05, 4.69) is 5.32 Å². The van der Waals surface area contributed by atoms with Crippen molar-refractivity contribution < 1.29 is 26.4 Å². The number of nitrogens with one attached hydrogen (secondary N) is 1. The van der Waals surface area contributed by atoms with Crippen molar-refractivity contribution in [1.82, 2.24) is 0 Å². The smallest absolute Gasteiger partial charge is 0.322 e. The fraction of sp³-hybridized carbons (Fsp3) is 0.0556. The van der Waals surface area contributed by atoms with Crippen molar-refractivity contribution in [2.24, 2.45) is 5.14 Å². The quantitative estimate of drug-likeness (QED) is 0.651. The summed E-state index contributed by atoms with van der Waals surface area (Å²) in [6, 6.07) is 12.6. The molecule has 0 saturated heterocycles. The molecule has 0 spiro atoms. The number of alkyl halides is 3. The van der Waals surface area contributed by atoms with Crippen molar-refractivity contribution in [1.29, 1.82) is 0 Å². The molecule has 1 heterocycles. The second-order valence-corrected chi connectivity index (χ2v) is 8.48. The number of nitrogens with two attached hydrogens (primary N) is 1. The van der Waals surface area contributed by atoms with Crippen LogP contribution >= 0.6 is 11.3 Å². The minimum Gasteiger partial charge on any atom is -0.322 e. The molecular weight excluding hydrogens is 413 g/mol. The van der Waals surface area contributed by atoms with Gasteiger partial charge in [-0.3, -0.25) is 4.79 Å². The number of amides is 1. The fourth-order valence-corrected chi connectivity index (χ4v) is 4.10. The highest BCUT2D eigenvalue weighted by Crippen LogP contribution is 2.38. The summed E-state index contributed by atoms with van der Waals surface area (Å²) >= 11 is 0.749. The Morgan fingerprint density at radius 3 is 2.29 bits per heavy atom. The summed E-state index contributed by atoms with van der Waals surface area (Å²) < 4.78 is 62.9. The number of sulfonamides is 1. The molecule has 1 aromatic heterocycles. The summed E-state index contributed by atoms with van der Waals surface area (Å²) in [5.74, 6) is -0.744. The maximum absolute atomic E-state index is 13.5. The molecule has 28 heavy (non-hydrogen) atoms. The van der Waals surface area contributed by atoms with Gasteiger partial charge in [0.2, 0.25) is 10.0 Å². The summed E-state index contributed by atoms with van der Waals surface area (Å²) in [5, 5.41) is 8.60. The Kier molecular flexibility index (Phi) is 5.28. The van der Waals surface area contributed by atoms with Crippen LogP contribution in [-0.2, 0) is 16.2 Å². The molecule has 3 aromatic rings. The number of rotatable bonds is 4. The van der Waals surface area contributed by atoms with Crippen LogP contribution in [0.5, 0.6) is 0 Å². The van der Waals surface area contributed by atoms with Gasteiger partial charge in [0.1, 0.15) is 4.21 Å². The van der Waals surface area contributed by atoms with Crippen molar-refractivity contribution in [3.05, 3.63) is 71.1 Å². The van der Waals surface area contributed by atoms with Gasteiger partial charge in [0, 0.05) is 11.1 Å². The van der Waals surface area contributed by atoms with Gasteiger partial charge in [-0.15, -0.1) is 11.3 Å². The Balaban J connectivity index is 1.93. The van der Waals surface area contributed by atoms with Gasteiger partial charge in [-0.1, -0.05) is 36.4 Å². The summed E-state index contributed by atoms with van der Waals surface area (Å²) in [4.78, 5) is 12.2. The second-order valence-electron chi connectivity index (χ2n) is 5.78. The van der Waals surface area contributed by atoms with Gasteiger partial charge in [-0.25, -0.2) is 13.6 Å². The first-order valence-corrected chi connectivity index (χ1v) is 10.2. The largest absolute Gasteiger partial charge is 0.417 e. The first kappa shape index (κ1) is 20.1. The molecule has 0 aliphatic heterocycles. The molecule has 5 nitrogen and oxygen atoms in total. The Labute approximate surface area is 162 Å². The van der Waals surface area contributed by atoms with E-state index in [9.17, 15) is 26.4 Å². The number of thiophene rings is 1. The molecule has 0 unspecified atom stereocenters. The van der Waals surface area contributed by atoms with Crippen LogP contribution in [0.1, 0.15) is 15.9 Å². The standard InChI is InChI=1S/C18H13F3N2O3S2/c19-18(20,21)15-9-13(6-7-14(15)11-4-2-1-3-5-11)23-17(24)12-8-16(27-10-12)28(22,25)26/h1-10H,(H,23,24)(H2,22,25,26). The van der Waals surface area contributed by atoms with Crippen LogP contribution in [0.15, 0.2) is 64.2 Å². The molecule has 0 aliphatic carbocycles. The highest BCUT2D eigenvalue weighted by atomic mass is 32.2. The van der Waals surface area contributed by atoms with Gasteiger partial charge in [0.15, 0.2) is 0 Å². The lowest BCUT2D eigenvalue weighted by Gasteiger charge is -2.15. The summed E-state index contributed by atoms with van der Waals surface area (Å²) in [6.07, 6.45) is -4.63. The molecule has 0 bridgehead atoms. The topological polar surface area (TPSA) is 89.3 Å². The summed E-state index contributed by atoms with van der Waals surface area (Å²) in [6.45, 7) is 0. The lowest BCUT2D eigenvalue weighted by Crippen LogP contribution is -2.14. The Bertz CT molecular complexity index is 1120. The zero-order valence-electron chi connectivity index (χ0n) is 14.0. The Hall–Kier alpha value is -2.69. The normalized spacial score (nSPS) is 12.0. The molecule has 146 valence electrons. The zero-order chi connectivity index (χ0) is 20.5. The SMILES string of the molecule is NS(=O)(=O)c1cc(C(=O)Nc2ccc(-c3ccccc3)c(C(F)(F)F)c2)cs1. The number of carbonyl (C=O) groups is 1. The number of carbonyl (C=O) groups excluding carboxylic acids is 1. The third-order valence-electron chi connectivity index (χ3n) is 3.79. The monoisotopic (exact) mass is 426 g/mol. The van der Waals surface area contributed by atoms with Crippen molar-refractivity contribution in [2.45, 2.75) is 10.4 Å². The minimum atomic E-state index is -4.63. The van der Waals surface area contributed by atoms with E-state index in [1.54, 1.807) is 30.3 Å². The van der Waals surface area contributed by atoms with Crippen LogP contribution in [0.2, 0.25) is 0 Å². The number of benzene rings is 2. The third-order valence-corrected chi connectivity index (χ3v) is 6.17. The van der Waals surface area contributed by atoms with Gasteiger partial charge in [0.25, 0.3) is 5.91 Å². The van der Waals surface area contributed by atoms with Gasteiger partial charge in [-0.05, 0) is 29.3 Å². The van der Waals surface area contributed by atoms with E-state index in [0.717, 1.165) is 23.5 Å². The molecule has 0 saturated carbocycles. The fourth-order valence-electron chi connectivity index (χ4n) is 2.51. The average molecular weight is 426 g/mol. The van der Waals surface area contributed by atoms with Crippen LogP contribution in [0, 0.1) is 0 Å². The molecule has 10 heteroatoms. The van der Waals surface area contributed by atoms with E-state index >= 15 is 0 Å². The van der Waals surface area contributed by atoms with Gasteiger partial charge in [0.05, 0.1) is 11.1 Å². The summed E-state index contributed by atoms with van der Waals surface area (Å²) in [7, 11) is -3.96. The summed E-state index contributed by atoms with van der Waals surface area (Å²) in [5.41, 5.74) is -0.608. The third kappa shape index (κ3) is 4.41. The van der Waals surface area contributed by atoms with Gasteiger partial charge >= 0.3 is 6.18 Å². The predicted molar refractivity (Wildman–Crippen MR) is 101 cm³/mol. The molecule has 0 fully saturated rings. The lowest BCUT2D eigenvalue weighted by molar-refractivity contribution is -0.137. The van der Waals surface area contributed by atoms with E-state index in [0.29, 0.717) is 5.56 Å². The lowest BCUT2D eigenvalue weighted by atomic mass is 9.98. The van der Waals surface area contributed by atoms with Crippen LogP contribution < -0.4 is 10.5 Å². The maximum atomic E-state index is 13.5. The van der Waals surface area contributed by atoms with Crippen molar-refractivity contribution in [2.75, 3.05) is 5.32 Å². The van der Waals surface area contributed by atoms with Crippen molar-refractivity contribution >= 4 is 33.0 Å². The van der Waals surface area contributed by atoms with E-state index < -0.39 is 27.7 Å². The number of hydrogen-bond donors (Lipinski definition) is 2. The minimum absolute atomic E-state index is 0.0156. The first-order chi connectivity index (χ1) is 13.1. The van der Waals surface area contributed by atoms with Crippen molar-refractivity contribution in [3.63, 3.8) is 0 Å². The first-order valence-electron chi connectivity index (χ1n) is 7.75. The number of primary sulfonamides is 1. The van der Waals surface area contributed by atoms with E-state index in [1.807, 2.05) is 0 Å². The predicted octanol–water partition coefficient (Wildman–Crippen LogP) is 4.33. The zero-order valence-corrected chi connectivity index (χ0v) is 15.7. The molecule has 0 radical (unpaired) electrons. The highest BCUT2D eigenvalue weighted by Gasteiger charge is 2.34. The van der Waals surface area contributed by atoms with Gasteiger partial charge in [-0.2, -0.15) is 13.2 Å². The molecule has 0 aliphatic rings. The maximum Gasteiger partial charge on any atom is 0.417 e. The number of halogens is 3. The van der Waals surface area contributed by atoms with Crippen LogP contribution in [0.25, 0.3) is 11.1 Å². The van der Waals surface area contributed by atoms with Crippen LogP contribution in [0.3, 0.4) is 0 Å². The number of hydrogen-bond acceptors (Lipinski definition) is 4. The van der Waals surface area contributed by atoms with E-state index in [4.69, 9.17) is 5.14 Å². The molecule has 0 atom stereocenters. The van der Waals surface area contributed by atoms with Crippen LogP contribution in [-0.4, -0.2) is 14.3 Å². The van der Waals surface area contributed by atoms with Crippen molar-refractivity contribution in [3.8, 4) is 11.1 Å². The second kappa shape index (κ2) is 7.38. The Morgan fingerprint density at radius 1 is 1.04 bits per heavy atom. The van der Waals surface area contributed by atoms with Gasteiger partial charge < -0.3 is 5.32 Å².